The Kier molecular flexibility index (Phi) is 7.25. The van der Waals surface area contributed by atoms with Gasteiger partial charge in [-0.05, 0) is 41.7 Å². The summed E-state index contributed by atoms with van der Waals surface area (Å²) in [6.07, 6.45) is 3.88. The number of nitrogens with zero attached hydrogens (tertiary/aromatic N) is 2. The predicted molar refractivity (Wildman–Crippen MR) is 125 cm³/mol. The first-order chi connectivity index (χ1) is 15.0. The first-order valence-corrected chi connectivity index (χ1v) is 11.4. The Hall–Kier alpha value is -2.44. The zero-order valence-electron chi connectivity index (χ0n) is 19.1. The summed E-state index contributed by atoms with van der Waals surface area (Å²) in [6, 6.07) is 10.2. The van der Waals surface area contributed by atoms with E-state index in [1.807, 2.05) is 45.9 Å². The van der Waals surface area contributed by atoms with E-state index >= 15 is 0 Å². The van der Waals surface area contributed by atoms with Crippen LogP contribution < -0.4 is 5.32 Å². The quantitative estimate of drug-likeness (QED) is 0.694. The molecular formula is C25H32ClN3O3. The van der Waals surface area contributed by atoms with Crippen LogP contribution in [0.25, 0.3) is 0 Å². The van der Waals surface area contributed by atoms with Crippen LogP contribution in [0.15, 0.2) is 48.8 Å². The number of piperidine rings is 1. The third-order valence-electron chi connectivity index (χ3n) is 6.42. The van der Waals surface area contributed by atoms with E-state index in [1.165, 1.54) is 0 Å². The van der Waals surface area contributed by atoms with Crippen molar-refractivity contribution in [3.63, 3.8) is 0 Å². The molecule has 1 aromatic carbocycles. The summed E-state index contributed by atoms with van der Waals surface area (Å²) < 4.78 is 0. The number of aliphatic hydroxyl groups is 1. The number of pyridine rings is 1. The van der Waals surface area contributed by atoms with E-state index in [0.717, 1.165) is 11.1 Å². The lowest BCUT2D eigenvalue weighted by atomic mass is 9.66. The minimum atomic E-state index is -1.08. The highest BCUT2D eigenvalue weighted by Crippen LogP contribution is 2.46. The van der Waals surface area contributed by atoms with Crippen molar-refractivity contribution in [3.05, 3.63) is 64.9 Å². The fraction of sp³-hybridized carbons (Fsp3) is 0.480. The third kappa shape index (κ3) is 5.13. The molecule has 0 spiro atoms. The molecule has 0 saturated carbocycles. The standard InChI is InChI=1S/C25H32ClN3O3/c1-17(2)22(28-21(30)14-18-6-5-12-27-15-18)23(31)29-13-11-25(32,24(3,4)16-29)19-7-9-20(26)10-8-19/h5-10,12,15,17,22,32H,11,13-14,16H2,1-4H3,(H,28,30)/t22-,25+/m1/s1. The zero-order valence-corrected chi connectivity index (χ0v) is 19.9. The summed E-state index contributed by atoms with van der Waals surface area (Å²) in [6.45, 7) is 8.56. The molecule has 1 aromatic heterocycles. The summed E-state index contributed by atoms with van der Waals surface area (Å²) in [5, 5.41) is 15.1. The molecule has 1 fully saturated rings. The van der Waals surface area contributed by atoms with E-state index in [2.05, 4.69) is 10.3 Å². The van der Waals surface area contributed by atoms with Crippen LogP contribution in [0.3, 0.4) is 0 Å². The molecule has 7 heteroatoms. The van der Waals surface area contributed by atoms with Crippen molar-refractivity contribution in [2.45, 2.75) is 52.2 Å². The second-order valence-electron chi connectivity index (χ2n) is 9.59. The summed E-state index contributed by atoms with van der Waals surface area (Å²) in [5.41, 5.74) is -0.0717. The van der Waals surface area contributed by atoms with Crippen LogP contribution in [0.5, 0.6) is 0 Å². The molecule has 6 nitrogen and oxygen atoms in total. The smallest absolute Gasteiger partial charge is 0.245 e. The van der Waals surface area contributed by atoms with Crippen LogP contribution in [0.4, 0.5) is 0 Å². The van der Waals surface area contributed by atoms with Crippen LogP contribution in [-0.4, -0.2) is 45.9 Å². The minimum Gasteiger partial charge on any atom is -0.384 e. The highest BCUT2D eigenvalue weighted by atomic mass is 35.5. The van der Waals surface area contributed by atoms with Crippen molar-refractivity contribution < 1.29 is 14.7 Å². The second kappa shape index (κ2) is 9.59. The van der Waals surface area contributed by atoms with E-state index in [0.29, 0.717) is 24.5 Å². The number of amides is 2. The van der Waals surface area contributed by atoms with Crippen LogP contribution in [0.2, 0.25) is 5.02 Å². The zero-order chi connectivity index (χ0) is 23.5. The van der Waals surface area contributed by atoms with Gasteiger partial charge >= 0.3 is 0 Å². The number of aromatic nitrogens is 1. The number of halogens is 1. The van der Waals surface area contributed by atoms with E-state index < -0.39 is 17.1 Å². The van der Waals surface area contributed by atoms with Crippen molar-refractivity contribution in [1.82, 2.24) is 15.2 Å². The van der Waals surface area contributed by atoms with Crippen LogP contribution in [0.1, 0.15) is 45.2 Å². The Labute approximate surface area is 195 Å². The Balaban J connectivity index is 1.71. The van der Waals surface area contributed by atoms with E-state index in [1.54, 1.807) is 35.5 Å². The molecule has 2 aromatic rings. The van der Waals surface area contributed by atoms with Gasteiger partial charge in [0.1, 0.15) is 6.04 Å². The number of hydrogen-bond acceptors (Lipinski definition) is 4. The lowest BCUT2D eigenvalue weighted by Gasteiger charge is -2.51. The monoisotopic (exact) mass is 457 g/mol. The lowest BCUT2D eigenvalue weighted by Crippen LogP contribution is -2.60. The molecule has 1 aliphatic heterocycles. The lowest BCUT2D eigenvalue weighted by molar-refractivity contribution is -0.156. The average molecular weight is 458 g/mol. The Bertz CT molecular complexity index is 947. The highest BCUT2D eigenvalue weighted by Gasteiger charge is 2.50. The van der Waals surface area contributed by atoms with Crippen molar-refractivity contribution in [1.29, 1.82) is 0 Å². The summed E-state index contributed by atoms with van der Waals surface area (Å²) in [5.74, 6) is -0.398. The van der Waals surface area contributed by atoms with Gasteiger partial charge in [-0.1, -0.05) is 57.5 Å². The molecule has 0 bridgehead atoms. The van der Waals surface area contributed by atoms with Crippen molar-refractivity contribution in [2.75, 3.05) is 13.1 Å². The van der Waals surface area contributed by atoms with Gasteiger partial charge in [-0.15, -0.1) is 0 Å². The van der Waals surface area contributed by atoms with Gasteiger partial charge in [0.2, 0.25) is 11.8 Å². The Morgan fingerprint density at radius 3 is 2.47 bits per heavy atom. The first kappa shape index (κ1) is 24.2. The maximum Gasteiger partial charge on any atom is 0.245 e. The number of rotatable bonds is 6. The molecule has 0 unspecified atom stereocenters. The van der Waals surface area contributed by atoms with Gasteiger partial charge in [0, 0.05) is 35.9 Å². The van der Waals surface area contributed by atoms with Crippen LogP contribution >= 0.6 is 11.6 Å². The molecule has 32 heavy (non-hydrogen) atoms. The van der Waals surface area contributed by atoms with Crippen LogP contribution in [0, 0.1) is 11.3 Å². The molecule has 172 valence electrons. The molecular weight excluding hydrogens is 426 g/mol. The first-order valence-electron chi connectivity index (χ1n) is 11.0. The van der Waals surface area contributed by atoms with Gasteiger partial charge < -0.3 is 15.3 Å². The molecule has 2 atom stereocenters. The number of carbonyl (C=O) groups is 2. The SMILES string of the molecule is CC(C)[C@@H](NC(=O)Cc1cccnc1)C(=O)N1CC[C@](O)(c2ccc(Cl)cc2)C(C)(C)C1. The van der Waals surface area contributed by atoms with Gasteiger partial charge in [-0.25, -0.2) is 0 Å². The summed E-state index contributed by atoms with van der Waals surface area (Å²) in [4.78, 5) is 31.8. The van der Waals surface area contributed by atoms with Crippen LogP contribution in [-0.2, 0) is 21.6 Å². The molecule has 2 amide bonds. The third-order valence-corrected chi connectivity index (χ3v) is 6.67. The van der Waals surface area contributed by atoms with Gasteiger partial charge in [0.05, 0.1) is 12.0 Å². The average Bonchev–Trinajstić information content (AvgIpc) is 2.74. The van der Waals surface area contributed by atoms with Crippen molar-refractivity contribution >= 4 is 23.4 Å². The molecule has 0 radical (unpaired) electrons. The predicted octanol–water partition coefficient (Wildman–Crippen LogP) is 3.56. The summed E-state index contributed by atoms with van der Waals surface area (Å²) in [7, 11) is 0. The maximum absolute atomic E-state index is 13.4. The largest absolute Gasteiger partial charge is 0.384 e. The molecule has 1 aliphatic rings. The van der Waals surface area contributed by atoms with Crippen molar-refractivity contribution in [2.24, 2.45) is 11.3 Å². The van der Waals surface area contributed by atoms with E-state index in [4.69, 9.17) is 11.6 Å². The van der Waals surface area contributed by atoms with E-state index in [-0.39, 0.29) is 24.2 Å². The second-order valence-corrected chi connectivity index (χ2v) is 10.0. The van der Waals surface area contributed by atoms with Crippen molar-refractivity contribution in [3.8, 4) is 0 Å². The molecule has 2 heterocycles. The van der Waals surface area contributed by atoms with Gasteiger partial charge in [0.25, 0.3) is 0 Å². The topological polar surface area (TPSA) is 82.5 Å². The van der Waals surface area contributed by atoms with Gasteiger partial charge in [-0.2, -0.15) is 0 Å². The maximum atomic E-state index is 13.4. The number of likely N-dealkylation sites (tertiary alicyclic amines) is 1. The minimum absolute atomic E-state index is 0.0689. The number of hydrogen-bond donors (Lipinski definition) is 2. The van der Waals surface area contributed by atoms with Gasteiger partial charge in [0.15, 0.2) is 0 Å². The number of benzene rings is 1. The Morgan fingerprint density at radius 2 is 1.91 bits per heavy atom. The molecule has 0 aliphatic carbocycles. The molecule has 2 N–H and O–H groups in total. The number of nitrogens with one attached hydrogen (secondary N) is 1. The van der Waals surface area contributed by atoms with E-state index in [9.17, 15) is 14.7 Å². The fourth-order valence-electron chi connectivity index (χ4n) is 4.39. The normalized spacial score (nSPS) is 21.3. The fourth-order valence-corrected chi connectivity index (χ4v) is 4.52. The van der Waals surface area contributed by atoms with Gasteiger partial charge in [-0.3, -0.25) is 14.6 Å². The molecule has 1 saturated heterocycles. The number of carbonyl (C=O) groups excluding carboxylic acids is 2. The Morgan fingerprint density at radius 1 is 1.22 bits per heavy atom. The highest BCUT2D eigenvalue weighted by molar-refractivity contribution is 6.30. The molecule has 3 rings (SSSR count). The summed E-state index contributed by atoms with van der Waals surface area (Å²) >= 11 is 6.02.